The topological polar surface area (TPSA) is 58.1 Å². The number of likely N-dealkylation sites (tertiary alicyclic amines) is 1. The van der Waals surface area contributed by atoms with E-state index in [9.17, 15) is 4.79 Å². The van der Waals surface area contributed by atoms with Crippen LogP contribution >= 0.6 is 11.6 Å². The Bertz CT molecular complexity index is 440. The molecule has 1 aliphatic heterocycles. The second-order valence-electron chi connectivity index (χ2n) is 5.52. The van der Waals surface area contributed by atoms with Crippen molar-refractivity contribution >= 4 is 17.5 Å². The predicted octanol–water partition coefficient (Wildman–Crippen LogP) is 1.59. The molecule has 6 heteroatoms. The van der Waals surface area contributed by atoms with Gasteiger partial charge in [-0.25, -0.2) is 9.97 Å². The van der Waals surface area contributed by atoms with Gasteiger partial charge in [0.25, 0.3) is 5.91 Å². The van der Waals surface area contributed by atoms with E-state index < -0.39 is 0 Å². The summed E-state index contributed by atoms with van der Waals surface area (Å²) < 4.78 is 0. The van der Waals surface area contributed by atoms with Gasteiger partial charge < -0.3 is 10.2 Å². The van der Waals surface area contributed by atoms with Crippen LogP contribution < -0.4 is 5.32 Å². The van der Waals surface area contributed by atoms with Crippen LogP contribution in [-0.2, 0) is 0 Å². The number of aromatic nitrogens is 2. The highest BCUT2D eigenvalue weighted by molar-refractivity contribution is 6.29. The molecular formula is C13H19ClN4O. The van der Waals surface area contributed by atoms with Gasteiger partial charge in [0.05, 0.1) is 12.4 Å². The molecule has 1 fully saturated rings. The van der Waals surface area contributed by atoms with Crippen LogP contribution in [0, 0.1) is 5.41 Å². The SMILES string of the molecule is CN1CCC(C)(CNC(=O)c2cnc(Cl)cn2)CC1. The molecule has 1 amide bonds. The number of amides is 1. The molecule has 5 nitrogen and oxygen atoms in total. The molecule has 0 aliphatic carbocycles. The summed E-state index contributed by atoms with van der Waals surface area (Å²) in [6, 6.07) is 0. The molecule has 2 heterocycles. The van der Waals surface area contributed by atoms with Crippen molar-refractivity contribution in [2.24, 2.45) is 5.41 Å². The maximum absolute atomic E-state index is 11.9. The number of piperidine rings is 1. The molecule has 2 rings (SSSR count). The maximum atomic E-state index is 11.9. The van der Waals surface area contributed by atoms with E-state index in [2.05, 4.69) is 34.2 Å². The van der Waals surface area contributed by atoms with Gasteiger partial charge in [-0.1, -0.05) is 18.5 Å². The van der Waals surface area contributed by atoms with E-state index in [1.165, 1.54) is 12.4 Å². The van der Waals surface area contributed by atoms with Gasteiger partial charge in [0.2, 0.25) is 0 Å². The monoisotopic (exact) mass is 282 g/mol. The van der Waals surface area contributed by atoms with Gasteiger partial charge in [-0.15, -0.1) is 0 Å². The first-order valence-electron chi connectivity index (χ1n) is 6.43. The summed E-state index contributed by atoms with van der Waals surface area (Å²) in [6.07, 6.45) is 4.97. The number of hydrogen-bond acceptors (Lipinski definition) is 4. The van der Waals surface area contributed by atoms with Crippen molar-refractivity contribution in [1.29, 1.82) is 0 Å². The molecule has 1 N–H and O–H groups in total. The van der Waals surface area contributed by atoms with E-state index in [-0.39, 0.29) is 11.3 Å². The van der Waals surface area contributed by atoms with Gasteiger partial charge in [0, 0.05) is 6.54 Å². The molecule has 1 aromatic rings. The molecule has 19 heavy (non-hydrogen) atoms. The Morgan fingerprint density at radius 1 is 1.42 bits per heavy atom. The van der Waals surface area contributed by atoms with Crippen LogP contribution in [0.3, 0.4) is 0 Å². The minimum atomic E-state index is -0.190. The lowest BCUT2D eigenvalue weighted by molar-refractivity contribution is 0.0886. The Balaban J connectivity index is 1.88. The molecule has 0 unspecified atom stereocenters. The van der Waals surface area contributed by atoms with Gasteiger partial charge in [-0.3, -0.25) is 4.79 Å². The number of carbonyl (C=O) groups is 1. The zero-order chi connectivity index (χ0) is 13.9. The number of halogens is 1. The van der Waals surface area contributed by atoms with Crippen molar-refractivity contribution < 1.29 is 4.79 Å². The molecule has 1 aromatic heterocycles. The molecule has 0 spiro atoms. The van der Waals surface area contributed by atoms with Crippen LogP contribution in [0.25, 0.3) is 0 Å². The Labute approximate surface area is 118 Å². The van der Waals surface area contributed by atoms with Crippen molar-refractivity contribution in [1.82, 2.24) is 20.2 Å². The summed E-state index contributed by atoms with van der Waals surface area (Å²) in [7, 11) is 2.13. The van der Waals surface area contributed by atoms with Crippen molar-refractivity contribution in [3.63, 3.8) is 0 Å². The number of rotatable bonds is 3. The minimum absolute atomic E-state index is 0.169. The zero-order valence-electron chi connectivity index (χ0n) is 11.3. The fraction of sp³-hybridized carbons (Fsp3) is 0.615. The van der Waals surface area contributed by atoms with Crippen molar-refractivity contribution in [3.8, 4) is 0 Å². The first kappa shape index (κ1) is 14.2. The van der Waals surface area contributed by atoms with Gasteiger partial charge >= 0.3 is 0 Å². The first-order chi connectivity index (χ1) is 8.98. The van der Waals surface area contributed by atoms with E-state index in [4.69, 9.17) is 11.6 Å². The summed E-state index contributed by atoms with van der Waals surface area (Å²) >= 11 is 5.64. The average Bonchev–Trinajstić information content (AvgIpc) is 2.41. The van der Waals surface area contributed by atoms with E-state index in [0.29, 0.717) is 17.4 Å². The van der Waals surface area contributed by atoms with Crippen LogP contribution in [0.1, 0.15) is 30.3 Å². The average molecular weight is 283 g/mol. The van der Waals surface area contributed by atoms with Gasteiger partial charge in [-0.05, 0) is 38.4 Å². The smallest absolute Gasteiger partial charge is 0.271 e. The highest BCUT2D eigenvalue weighted by Crippen LogP contribution is 2.29. The number of nitrogens with zero attached hydrogens (tertiary/aromatic N) is 3. The highest BCUT2D eigenvalue weighted by Gasteiger charge is 2.29. The van der Waals surface area contributed by atoms with Gasteiger partial charge in [0.15, 0.2) is 0 Å². The maximum Gasteiger partial charge on any atom is 0.271 e. The lowest BCUT2D eigenvalue weighted by Crippen LogP contribution is -2.43. The highest BCUT2D eigenvalue weighted by atomic mass is 35.5. The third-order valence-electron chi connectivity index (χ3n) is 3.72. The Morgan fingerprint density at radius 2 is 2.11 bits per heavy atom. The standard InChI is InChI=1S/C13H19ClN4O/c1-13(3-5-18(2)6-4-13)9-17-12(19)10-7-16-11(14)8-15-10/h7-8H,3-6,9H2,1-2H3,(H,17,19). The third kappa shape index (κ3) is 3.88. The van der Waals surface area contributed by atoms with E-state index in [1.54, 1.807) is 0 Å². The quantitative estimate of drug-likeness (QED) is 0.915. The largest absolute Gasteiger partial charge is 0.350 e. The molecule has 0 bridgehead atoms. The van der Waals surface area contributed by atoms with E-state index in [1.807, 2.05) is 0 Å². The van der Waals surface area contributed by atoms with E-state index in [0.717, 1.165) is 25.9 Å². The lowest BCUT2D eigenvalue weighted by atomic mass is 9.80. The molecule has 0 aromatic carbocycles. The number of carbonyl (C=O) groups excluding carboxylic acids is 1. The Hall–Kier alpha value is -1.20. The molecule has 0 radical (unpaired) electrons. The molecule has 104 valence electrons. The Kier molecular flexibility index (Phi) is 4.37. The van der Waals surface area contributed by atoms with Crippen LogP contribution in [0.2, 0.25) is 5.15 Å². The van der Waals surface area contributed by atoms with Crippen molar-refractivity contribution in [3.05, 3.63) is 23.2 Å². The second-order valence-corrected chi connectivity index (χ2v) is 5.91. The molecular weight excluding hydrogens is 264 g/mol. The number of nitrogens with one attached hydrogen (secondary N) is 1. The normalized spacial score (nSPS) is 19.1. The van der Waals surface area contributed by atoms with Crippen LogP contribution in [-0.4, -0.2) is 47.5 Å². The van der Waals surface area contributed by atoms with Crippen molar-refractivity contribution in [2.45, 2.75) is 19.8 Å². The fourth-order valence-electron chi connectivity index (χ4n) is 2.15. The summed E-state index contributed by atoms with van der Waals surface area (Å²) in [5.74, 6) is -0.190. The van der Waals surface area contributed by atoms with Gasteiger partial charge in [0.1, 0.15) is 10.8 Å². The van der Waals surface area contributed by atoms with Crippen molar-refractivity contribution in [2.75, 3.05) is 26.7 Å². The molecule has 1 saturated heterocycles. The minimum Gasteiger partial charge on any atom is -0.350 e. The summed E-state index contributed by atoms with van der Waals surface area (Å²) in [5.41, 5.74) is 0.475. The fourth-order valence-corrected chi connectivity index (χ4v) is 2.25. The second kappa shape index (κ2) is 5.84. The van der Waals surface area contributed by atoms with Gasteiger partial charge in [-0.2, -0.15) is 0 Å². The number of hydrogen-bond donors (Lipinski definition) is 1. The Morgan fingerprint density at radius 3 is 2.68 bits per heavy atom. The van der Waals surface area contributed by atoms with Crippen LogP contribution in [0.4, 0.5) is 0 Å². The molecule has 0 atom stereocenters. The molecule has 0 saturated carbocycles. The van der Waals surface area contributed by atoms with E-state index >= 15 is 0 Å². The zero-order valence-corrected chi connectivity index (χ0v) is 12.1. The summed E-state index contributed by atoms with van der Waals surface area (Å²) in [4.78, 5) is 22.1. The predicted molar refractivity (Wildman–Crippen MR) is 74.2 cm³/mol. The van der Waals surface area contributed by atoms with Crippen LogP contribution in [0.5, 0.6) is 0 Å². The third-order valence-corrected chi connectivity index (χ3v) is 3.92. The molecule has 1 aliphatic rings. The first-order valence-corrected chi connectivity index (χ1v) is 6.81. The summed E-state index contributed by atoms with van der Waals surface area (Å²) in [5, 5.41) is 3.23. The lowest BCUT2D eigenvalue weighted by Gasteiger charge is -2.37. The summed E-state index contributed by atoms with van der Waals surface area (Å²) in [6.45, 7) is 5.04. The van der Waals surface area contributed by atoms with Crippen LogP contribution in [0.15, 0.2) is 12.4 Å².